The minimum atomic E-state index is -1.02. The Kier molecular flexibility index (Phi) is 6.95. The normalized spacial score (nSPS) is 20.7. The summed E-state index contributed by atoms with van der Waals surface area (Å²) in [4.78, 5) is 31.6. The van der Waals surface area contributed by atoms with E-state index in [1.54, 1.807) is 12.1 Å². The first kappa shape index (κ1) is 22.1. The number of hydrogen-bond acceptors (Lipinski definition) is 5. The number of carbonyl (C=O) groups is 2. The van der Waals surface area contributed by atoms with Gasteiger partial charge in [0.05, 0.1) is 10.6 Å². The van der Waals surface area contributed by atoms with Crippen LogP contribution in [0, 0.1) is 0 Å². The molecule has 2 fully saturated rings. The number of amidine groups is 1. The zero-order valence-corrected chi connectivity index (χ0v) is 18.8. The molecule has 1 saturated heterocycles. The van der Waals surface area contributed by atoms with Crippen molar-refractivity contribution in [3.63, 3.8) is 0 Å². The molecule has 2 aliphatic rings. The van der Waals surface area contributed by atoms with Gasteiger partial charge in [0.2, 0.25) is 0 Å². The predicted molar refractivity (Wildman–Crippen MR) is 127 cm³/mol. The first-order valence-corrected chi connectivity index (χ1v) is 11.7. The number of carboxylic acid groups (broad SMARTS) is 1. The summed E-state index contributed by atoms with van der Waals surface area (Å²) in [5.74, 6) is -0.545. The van der Waals surface area contributed by atoms with Crippen LogP contribution in [-0.4, -0.2) is 39.2 Å². The minimum Gasteiger partial charge on any atom is -0.479 e. The zero-order chi connectivity index (χ0) is 22.5. The van der Waals surface area contributed by atoms with Crippen molar-refractivity contribution < 1.29 is 19.4 Å². The van der Waals surface area contributed by atoms with Crippen molar-refractivity contribution in [2.45, 2.75) is 51.2 Å². The van der Waals surface area contributed by atoms with Crippen LogP contribution in [0.25, 0.3) is 6.08 Å². The maximum atomic E-state index is 13.4. The van der Waals surface area contributed by atoms with Gasteiger partial charge >= 0.3 is 5.97 Å². The number of rotatable bonds is 6. The Morgan fingerprint density at radius 2 is 1.81 bits per heavy atom. The fraction of sp³-hybridized carbons (Fsp3) is 0.320. The molecule has 0 spiro atoms. The highest BCUT2D eigenvalue weighted by Crippen LogP contribution is 2.38. The number of aliphatic carboxylic acids is 1. The number of hydrogen-bond donors (Lipinski definition) is 1. The molecule has 1 aliphatic heterocycles. The molecule has 32 heavy (non-hydrogen) atoms. The average molecular weight is 451 g/mol. The Morgan fingerprint density at radius 1 is 1.12 bits per heavy atom. The molecule has 0 bridgehead atoms. The Balaban J connectivity index is 1.58. The molecule has 0 radical (unpaired) electrons. The van der Waals surface area contributed by atoms with E-state index in [-0.39, 0.29) is 11.9 Å². The Labute approximate surface area is 192 Å². The van der Waals surface area contributed by atoms with Crippen molar-refractivity contribution >= 4 is 40.6 Å². The molecular formula is C25H26N2O4S. The lowest BCUT2D eigenvalue weighted by molar-refractivity contribution is -0.144. The van der Waals surface area contributed by atoms with E-state index in [9.17, 15) is 9.59 Å². The highest BCUT2D eigenvalue weighted by Gasteiger charge is 2.38. The largest absolute Gasteiger partial charge is 0.479 e. The lowest BCUT2D eigenvalue weighted by Crippen LogP contribution is -2.40. The fourth-order valence-electron chi connectivity index (χ4n) is 3.89. The molecule has 1 saturated carbocycles. The maximum absolute atomic E-state index is 13.4. The van der Waals surface area contributed by atoms with E-state index in [1.807, 2.05) is 53.4 Å². The van der Waals surface area contributed by atoms with Crippen molar-refractivity contribution in [1.29, 1.82) is 0 Å². The number of benzene rings is 2. The molecule has 1 aliphatic carbocycles. The second-order valence-corrected chi connectivity index (χ2v) is 8.98. The van der Waals surface area contributed by atoms with Crippen LogP contribution in [0.4, 0.5) is 5.69 Å². The molecule has 0 aromatic heterocycles. The number of carbonyl (C=O) groups excluding carboxylic acids is 1. The maximum Gasteiger partial charge on any atom is 0.344 e. The molecule has 6 nitrogen and oxygen atoms in total. The zero-order valence-electron chi connectivity index (χ0n) is 17.9. The molecule has 166 valence electrons. The lowest BCUT2D eigenvalue weighted by atomic mass is 9.94. The van der Waals surface area contributed by atoms with Gasteiger partial charge in [-0.3, -0.25) is 9.69 Å². The molecular weight excluding hydrogens is 424 g/mol. The van der Waals surface area contributed by atoms with Gasteiger partial charge in [-0.05, 0) is 67.4 Å². The van der Waals surface area contributed by atoms with Crippen molar-refractivity contribution in [3.8, 4) is 5.75 Å². The third kappa shape index (κ3) is 5.22. The van der Waals surface area contributed by atoms with E-state index >= 15 is 0 Å². The molecule has 1 amide bonds. The van der Waals surface area contributed by atoms with Crippen LogP contribution in [-0.2, 0) is 9.59 Å². The highest BCUT2D eigenvalue weighted by atomic mass is 32.2. The summed E-state index contributed by atoms with van der Waals surface area (Å²) in [6.07, 6.45) is 6.42. The second kappa shape index (κ2) is 10.0. The van der Waals surface area contributed by atoms with E-state index in [4.69, 9.17) is 14.8 Å². The van der Waals surface area contributed by atoms with Crippen molar-refractivity contribution in [3.05, 3.63) is 65.1 Å². The fourth-order valence-corrected chi connectivity index (χ4v) is 4.95. The monoisotopic (exact) mass is 450 g/mol. The van der Waals surface area contributed by atoms with Crippen LogP contribution in [0.1, 0.15) is 44.6 Å². The average Bonchev–Trinajstić information content (AvgIpc) is 3.10. The molecule has 1 heterocycles. The smallest absolute Gasteiger partial charge is 0.344 e. The van der Waals surface area contributed by atoms with Crippen LogP contribution < -0.4 is 4.74 Å². The molecule has 0 unspecified atom stereocenters. The van der Waals surface area contributed by atoms with Gasteiger partial charge in [-0.15, -0.1) is 0 Å². The summed E-state index contributed by atoms with van der Waals surface area (Å²) in [6.45, 7) is 1.49. The third-order valence-electron chi connectivity index (χ3n) is 5.60. The van der Waals surface area contributed by atoms with Gasteiger partial charge in [-0.1, -0.05) is 49.6 Å². The first-order chi connectivity index (χ1) is 15.5. The predicted octanol–water partition coefficient (Wildman–Crippen LogP) is 5.48. The van der Waals surface area contributed by atoms with E-state index in [1.165, 1.54) is 25.1 Å². The summed E-state index contributed by atoms with van der Waals surface area (Å²) in [7, 11) is 0. The number of thioether (sulfide) groups is 1. The highest BCUT2D eigenvalue weighted by molar-refractivity contribution is 8.18. The van der Waals surface area contributed by atoms with Crippen molar-refractivity contribution in [2.75, 3.05) is 0 Å². The lowest BCUT2D eigenvalue weighted by Gasteiger charge is -2.30. The van der Waals surface area contributed by atoms with Crippen molar-refractivity contribution in [2.24, 2.45) is 4.99 Å². The summed E-state index contributed by atoms with van der Waals surface area (Å²) >= 11 is 1.41. The number of carboxylic acids is 1. The van der Waals surface area contributed by atoms with E-state index in [2.05, 4.69) is 0 Å². The standard InChI is InChI=1S/C25H26N2O4S/c1-17(24(29)30)31-21-14-12-18(13-15-21)16-22-23(28)27(20-10-6-3-7-11-20)25(32-22)26-19-8-4-2-5-9-19/h2,4-5,8-9,12-17,20H,3,6-7,10-11H2,1H3,(H,29,30)/b22-16-,26-25?/t17-/m0/s1. The third-order valence-corrected chi connectivity index (χ3v) is 6.58. The number of ether oxygens (including phenoxy) is 1. The second-order valence-electron chi connectivity index (χ2n) is 7.97. The Morgan fingerprint density at radius 3 is 2.47 bits per heavy atom. The van der Waals surface area contributed by atoms with Gasteiger partial charge < -0.3 is 9.84 Å². The number of nitrogens with zero attached hydrogens (tertiary/aromatic N) is 2. The van der Waals surface area contributed by atoms with E-state index in [0.29, 0.717) is 10.7 Å². The molecule has 2 aromatic rings. The SMILES string of the molecule is C[C@H](Oc1ccc(/C=C2\SC(=Nc3ccccc3)N(C3CCCCC3)C2=O)cc1)C(=O)O. The number of para-hydroxylation sites is 1. The minimum absolute atomic E-state index is 0.00333. The number of aliphatic imine (C=N–C) groups is 1. The molecule has 1 atom stereocenters. The van der Waals surface area contributed by atoms with Gasteiger partial charge in [0.15, 0.2) is 11.3 Å². The quantitative estimate of drug-likeness (QED) is 0.590. The van der Waals surface area contributed by atoms with Crippen LogP contribution in [0.3, 0.4) is 0 Å². The van der Waals surface area contributed by atoms with Gasteiger partial charge in [-0.2, -0.15) is 0 Å². The van der Waals surface area contributed by atoms with E-state index < -0.39 is 12.1 Å². The summed E-state index contributed by atoms with van der Waals surface area (Å²) in [6, 6.07) is 17.0. The van der Waals surface area contributed by atoms with E-state index in [0.717, 1.165) is 42.1 Å². The van der Waals surface area contributed by atoms with Crippen molar-refractivity contribution in [1.82, 2.24) is 4.90 Å². The summed E-state index contributed by atoms with van der Waals surface area (Å²) in [5.41, 5.74) is 1.68. The molecule has 4 rings (SSSR count). The Bertz CT molecular complexity index is 1030. The molecule has 1 N–H and O–H groups in total. The van der Waals surface area contributed by atoms with Crippen LogP contribution in [0.2, 0.25) is 0 Å². The van der Waals surface area contributed by atoms with Gasteiger partial charge in [0.25, 0.3) is 5.91 Å². The van der Waals surface area contributed by atoms with Crippen LogP contribution >= 0.6 is 11.8 Å². The summed E-state index contributed by atoms with van der Waals surface area (Å²) in [5, 5.41) is 9.72. The first-order valence-electron chi connectivity index (χ1n) is 10.9. The Hall–Kier alpha value is -3.06. The number of amides is 1. The van der Waals surface area contributed by atoms with Crippen LogP contribution in [0.15, 0.2) is 64.5 Å². The molecule has 2 aromatic carbocycles. The van der Waals surface area contributed by atoms with Gasteiger partial charge in [0.1, 0.15) is 5.75 Å². The van der Waals surface area contributed by atoms with Gasteiger partial charge in [0, 0.05) is 6.04 Å². The topological polar surface area (TPSA) is 79.2 Å². The van der Waals surface area contributed by atoms with Crippen LogP contribution in [0.5, 0.6) is 5.75 Å². The summed E-state index contributed by atoms with van der Waals surface area (Å²) < 4.78 is 5.38. The van der Waals surface area contributed by atoms with Gasteiger partial charge in [-0.25, -0.2) is 9.79 Å². The molecule has 7 heteroatoms.